The molecule has 0 atom stereocenters. The molecule has 150 valence electrons. The second-order valence-electron chi connectivity index (χ2n) is 8.37. The first kappa shape index (κ1) is 22.6. The van der Waals surface area contributed by atoms with Crippen molar-refractivity contribution in [2.24, 2.45) is 5.92 Å². The topological polar surface area (TPSA) is 115 Å². The molecule has 0 saturated carbocycles. The van der Waals surface area contributed by atoms with Gasteiger partial charge in [-0.05, 0) is 71.7 Å². The number of nitrogens with zero attached hydrogens (tertiary/aromatic N) is 1. The molecular formula is C20H29NO6. The van der Waals surface area contributed by atoms with Gasteiger partial charge in [0.1, 0.15) is 0 Å². The van der Waals surface area contributed by atoms with Gasteiger partial charge in [0.15, 0.2) is 0 Å². The number of carboxylic acid groups (broad SMARTS) is 3. The molecule has 0 spiro atoms. The molecule has 1 heterocycles. The van der Waals surface area contributed by atoms with E-state index in [0.29, 0.717) is 11.1 Å². The van der Waals surface area contributed by atoms with Crippen molar-refractivity contribution in [3.05, 3.63) is 34.9 Å². The zero-order valence-corrected chi connectivity index (χ0v) is 16.7. The summed E-state index contributed by atoms with van der Waals surface area (Å²) in [6.07, 6.45) is 2.65. The molecule has 3 N–H and O–H groups in total. The number of likely N-dealkylation sites (tertiary alicyclic amines) is 1. The fraction of sp³-hybridized carbons (Fsp3) is 0.550. The summed E-state index contributed by atoms with van der Waals surface area (Å²) >= 11 is 0. The lowest BCUT2D eigenvalue weighted by Crippen LogP contribution is -2.58. The highest BCUT2D eigenvalue weighted by molar-refractivity contribution is 6.03. The maximum absolute atomic E-state index is 10.6. The Balaban J connectivity index is 0.000000277. The molecule has 1 aromatic carbocycles. The van der Waals surface area contributed by atoms with Crippen LogP contribution in [0.4, 0.5) is 0 Å². The average Bonchev–Trinajstić information content (AvgIpc) is 2.51. The first-order valence-corrected chi connectivity index (χ1v) is 8.77. The third-order valence-electron chi connectivity index (χ3n) is 5.24. The highest BCUT2D eigenvalue weighted by Gasteiger charge is 2.41. The Hall–Kier alpha value is -2.41. The standard InChI is InChI=1S/C11H23N.C9H6O6/c1-9-7-10(2,3)12(6)11(4,5)8-9;10-7(11)4-1-2-5(8(12)13)6(3-4)9(14)15/h9H,7-8H2,1-6H3;1-3H,(H,10,11)(H,12,13)(H,14,15). The zero-order valence-electron chi connectivity index (χ0n) is 16.7. The molecule has 27 heavy (non-hydrogen) atoms. The minimum absolute atomic E-state index is 0.266. The minimum atomic E-state index is -1.48. The van der Waals surface area contributed by atoms with Crippen LogP contribution >= 0.6 is 0 Å². The largest absolute Gasteiger partial charge is 0.478 e. The summed E-state index contributed by atoms with van der Waals surface area (Å²) in [7, 11) is 2.26. The minimum Gasteiger partial charge on any atom is -0.478 e. The van der Waals surface area contributed by atoms with E-state index in [2.05, 4.69) is 46.6 Å². The summed E-state index contributed by atoms with van der Waals surface area (Å²) in [6.45, 7) is 11.8. The van der Waals surface area contributed by atoms with Gasteiger partial charge >= 0.3 is 17.9 Å². The molecule has 7 nitrogen and oxygen atoms in total. The van der Waals surface area contributed by atoms with Gasteiger partial charge in [-0.1, -0.05) is 6.92 Å². The monoisotopic (exact) mass is 379 g/mol. The molecule has 0 bridgehead atoms. The molecule has 1 aromatic rings. The van der Waals surface area contributed by atoms with Crippen LogP contribution in [0.15, 0.2) is 18.2 Å². The van der Waals surface area contributed by atoms with E-state index in [4.69, 9.17) is 15.3 Å². The van der Waals surface area contributed by atoms with Crippen LogP contribution in [0.1, 0.15) is 78.5 Å². The maximum Gasteiger partial charge on any atom is 0.336 e. The van der Waals surface area contributed by atoms with E-state index in [-0.39, 0.29) is 5.56 Å². The second-order valence-corrected chi connectivity index (χ2v) is 8.37. The van der Waals surface area contributed by atoms with Crippen LogP contribution in [0.2, 0.25) is 0 Å². The molecule has 1 fully saturated rings. The fourth-order valence-corrected chi connectivity index (χ4v) is 3.91. The number of hydrogen-bond acceptors (Lipinski definition) is 4. The van der Waals surface area contributed by atoms with Crippen molar-refractivity contribution in [1.29, 1.82) is 0 Å². The van der Waals surface area contributed by atoms with Crippen LogP contribution in [0, 0.1) is 5.92 Å². The van der Waals surface area contributed by atoms with Gasteiger partial charge in [0, 0.05) is 11.1 Å². The van der Waals surface area contributed by atoms with E-state index in [1.165, 1.54) is 12.8 Å². The van der Waals surface area contributed by atoms with E-state index in [1.54, 1.807) is 0 Å². The van der Waals surface area contributed by atoms with E-state index < -0.39 is 29.0 Å². The van der Waals surface area contributed by atoms with Gasteiger partial charge in [-0.15, -0.1) is 0 Å². The van der Waals surface area contributed by atoms with Crippen LogP contribution < -0.4 is 0 Å². The summed E-state index contributed by atoms with van der Waals surface area (Å²) in [5.41, 5.74) is -0.491. The van der Waals surface area contributed by atoms with Gasteiger partial charge in [-0.3, -0.25) is 4.90 Å². The van der Waals surface area contributed by atoms with Crippen molar-refractivity contribution in [1.82, 2.24) is 4.90 Å². The summed E-state index contributed by atoms with van der Waals surface area (Å²) < 4.78 is 0. The smallest absolute Gasteiger partial charge is 0.336 e. The van der Waals surface area contributed by atoms with Crippen LogP contribution in [0.5, 0.6) is 0 Å². The Morgan fingerprint density at radius 3 is 1.70 bits per heavy atom. The van der Waals surface area contributed by atoms with E-state index in [9.17, 15) is 14.4 Å². The van der Waals surface area contributed by atoms with Gasteiger partial charge in [-0.25, -0.2) is 14.4 Å². The third kappa shape index (κ3) is 5.53. The van der Waals surface area contributed by atoms with Crippen LogP contribution in [0.25, 0.3) is 0 Å². The Kier molecular flexibility index (Phi) is 6.78. The number of hydrogen-bond donors (Lipinski definition) is 3. The number of aromatic carboxylic acids is 3. The van der Waals surface area contributed by atoms with Gasteiger partial charge in [-0.2, -0.15) is 0 Å². The van der Waals surface area contributed by atoms with E-state index in [1.807, 2.05) is 0 Å². The van der Waals surface area contributed by atoms with Crippen molar-refractivity contribution in [3.8, 4) is 0 Å². The van der Waals surface area contributed by atoms with Crippen LogP contribution in [-0.4, -0.2) is 56.3 Å². The number of piperidine rings is 1. The first-order valence-electron chi connectivity index (χ1n) is 8.77. The molecule has 0 radical (unpaired) electrons. The Bertz CT molecular complexity index is 720. The van der Waals surface area contributed by atoms with Gasteiger partial charge in [0.05, 0.1) is 16.7 Å². The van der Waals surface area contributed by atoms with E-state index in [0.717, 1.165) is 24.1 Å². The number of benzene rings is 1. The molecule has 0 unspecified atom stereocenters. The van der Waals surface area contributed by atoms with Crippen molar-refractivity contribution in [3.63, 3.8) is 0 Å². The van der Waals surface area contributed by atoms with Crippen LogP contribution in [-0.2, 0) is 0 Å². The molecule has 0 amide bonds. The fourth-order valence-electron chi connectivity index (χ4n) is 3.91. The third-order valence-corrected chi connectivity index (χ3v) is 5.24. The predicted molar refractivity (Wildman–Crippen MR) is 102 cm³/mol. The SMILES string of the molecule is CC1CC(C)(C)N(C)C(C)(C)C1.O=C(O)c1ccc(C(=O)O)c(C(=O)O)c1. The molecule has 7 heteroatoms. The lowest BCUT2D eigenvalue weighted by molar-refractivity contribution is -0.0255. The highest BCUT2D eigenvalue weighted by atomic mass is 16.4. The molecular weight excluding hydrogens is 350 g/mol. The lowest BCUT2D eigenvalue weighted by Gasteiger charge is -2.53. The first-order chi connectivity index (χ1) is 12.2. The maximum atomic E-state index is 10.6. The number of rotatable bonds is 3. The number of carbonyl (C=O) groups is 3. The second kappa shape index (κ2) is 8.08. The molecule has 0 aliphatic carbocycles. The predicted octanol–water partition coefficient (Wildman–Crippen LogP) is 3.69. The lowest BCUT2D eigenvalue weighted by atomic mass is 9.75. The van der Waals surface area contributed by atoms with Gasteiger partial charge in [0.2, 0.25) is 0 Å². The van der Waals surface area contributed by atoms with Crippen molar-refractivity contribution in [2.45, 2.75) is 58.5 Å². The quantitative estimate of drug-likeness (QED) is 0.733. The zero-order chi connectivity index (χ0) is 21.2. The summed E-state index contributed by atoms with van der Waals surface area (Å²) in [4.78, 5) is 34.3. The molecule has 1 aliphatic rings. The summed E-state index contributed by atoms with van der Waals surface area (Å²) in [6, 6.07) is 2.81. The van der Waals surface area contributed by atoms with E-state index >= 15 is 0 Å². The molecule has 1 saturated heterocycles. The normalized spacial score (nSPS) is 18.9. The molecule has 2 rings (SSSR count). The van der Waals surface area contributed by atoms with Crippen LogP contribution in [0.3, 0.4) is 0 Å². The average molecular weight is 379 g/mol. The van der Waals surface area contributed by atoms with Gasteiger partial charge in [0.25, 0.3) is 0 Å². The molecule has 1 aliphatic heterocycles. The summed E-state index contributed by atoms with van der Waals surface area (Å²) in [5, 5.41) is 25.9. The van der Waals surface area contributed by atoms with Crippen molar-refractivity contribution >= 4 is 17.9 Å². The summed E-state index contributed by atoms with van der Waals surface area (Å²) in [5.74, 6) is -3.33. The van der Waals surface area contributed by atoms with Gasteiger partial charge < -0.3 is 15.3 Å². The molecule has 0 aromatic heterocycles. The Morgan fingerprint density at radius 1 is 0.889 bits per heavy atom. The number of carboxylic acids is 3. The Morgan fingerprint density at radius 2 is 1.33 bits per heavy atom. The van der Waals surface area contributed by atoms with Crippen molar-refractivity contribution < 1.29 is 29.7 Å². The Labute approximate surface area is 159 Å². The van der Waals surface area contributed by atoms with Crippen molar-refractivity contribution in [2.75, 3.05) is 7.05 Å². The highest BCUT2D eigenvalue weighted by Crippen LogP contribution is 2.39.